The number of hydrogen-bond acceptors (Lipinski definition) is 1. The van der Waals surface area contributed by atoms with Crippen molar-refractivity contribution < 1.29 is 18.0 Å². The number of nitrogens with zero attached hydrogens (tertiary/aromatic N) is 1. The lowest BCUT2D eigenvalue weighted by molar-refractivity contribution is 0.0779. The number of carbonyl (C=O) groups is 1. The number of hydrogen-bond donors (Lipinski definition) is 0. The van der Waals surface area contributed by atoms with Crippen LogP contribution in [0.25, 0.3) is 0 Å². The lowest BCUT2D eigenvalue weighted by Gasteiger charge is -2.18. The van der Waals surface area contributed by atoms with Gasteiger partial charge in [0.05, 0.1) is 5.56 Å². The molecule has 2 nitrogen and oxygen atoms in total. The van der Waals surface area contributed by atoms with Crippen molar-refractivity contribution in [2.75, 3.05) is 7.05 Å². The highest BCUT2D eigenvalue weighted by molar-refractivity contribution is 9.10. The number of amides is 1. The fourth-order valence-electron chi connectivity index (χ4n) is 1.85. The number of carbonyl (C=O) groups excluding carboxylic acids is 1. The minimum atomic E-state index is -1.64. The second-order valence-electron chi connectivity index (χ2n) is 4.48. The van der Waals surface area contributed by atoms with Crippen LogP contribution in [0.4, 0.5) is 13.2 Å². The molecule has 0 saturated carbocycles. The Balaban J connectivity index is 2.24. The summed E-state index contributed by atoms with van der Waals surface area (Å²) in [7, 11) is 1.46. The van der Waals surface area contributed by atoms with Crippen LogP contribution in [0, 0.1) is 17.5 Å². The van der Waals surface area contributed by atoms with Gasteiger partial charge in [-0.1, -0.05) is 34.1 Å². The van der Waals surface area contributed by atoms with Crippen molar-refractivity contribution in [3.63, 3.8) is 0 Å². The van der Waals surface area contributed by atoms with Gasteiger partial charge in [-0.3, -0.25) is 4.79 Å². The summed E-state index contributed by atoms with van der Waals surface area (Å²) < 4.78 is 40.5. The lowest BCUT2D eigenvalue weighted by atomic mass is 10.1. The molecule has 0 aliphatic heterocycles. The maximum absolute atomic E-state index is 13.6. The first-order valence-electron chi connectivity index (χ1n) is 6.04. The Labute approximate surface area is 128 Å². The van der Waals surface area contributed by atoms with E-state index in [2.05, 4.69) is 15.9 Å². The van der Waals surface area contributed by atoms with Gasteiger partial charge in [0.25, 0.3) is 5.91 Å². The molecule has 0 bridgehead atoms. The van der Waals surface area contributed by atoms with Gasteiger partial charge in [-0.25, -0.2) is 13.2 Å². The predicted octanol–water partition coefficient (Wildman–Crippen LogP) is 4.14. The van der Waals surface area contributed by atoms with Gasteiger partial charge in [0.2, 0.25) is 0 Å². The van der Waals surface area contributed by atoms with Gasteiger partial charge in [-0.2, -0.15) is 0 Å². The van der Waals surface area contributed by atoms with Gasteiger partial charge < -0.3 is 4.90 Å². The van der Waals surface area contributed by atoms with Crippen molar-refractivity contribution in [3.05, 3.63) is 69.4 Å². The molecule has 1 amide bonds. The largest absolute Gasteiger partial charge is 0.337 e. The highest BCUT2D eigenvalue weighted by Gasteiger charge is 2.21. The summed E-state index contributed by atoms with van der Waals surface area (Å²) >= 11 is 3.34. The van der Waals surface area contributed by atoms with Crippen molar-refractivity contribution in [1.82, 2.24) is 4.90 Å². The smallest absolute Gasteiger partial charge is 0.256 e. The first kappa shape index (κ1) is 15.6. The molecular formula is C15H11BrF3NO. The van der Waals surface area contributed by atoms with Crippen LogP contribution >= 0.6 is 15.9 Å². The fraction of sp³-hybridized carbons (Fsp3) is 0.133. The summed E-state index contributed by atoms with van der Waals surface area (Å²) in [6.07, 6.45) is 0. The number of rotatable bonds is 3. The van der Waals surface area contributed by atoms with Crippen LogP contribution in [0.2, 0.25) is 0 Å². The minimum Gasteiger partial charge on any atom is -0.337 e. The molecule has 0 N–H and O–H groups in total. The molecule has 2 aromatic rings. The Hall–Kier alpha value is -1.82. The average Bonchev–Trinajstić information content (AvgIpc) is 2.46. The van der Waals surface area contributed by atoms with Crippen molar-refractivity contribution in [1.29, 1.82) is 0 Å². The maximum Gasteiger partial charge on any atom is 0.256 e. The van der Waals surface area contributed by atoms with E-state index >= 15 is 0 Å². The zero-order chi connectivity index (χ0) is 15.6. The summed E-state index contributed by atoms with van der Waals surface area (Å²) in [6.45, 7) is 0.207. The van der Waals surface area contributed by atoms with E-state index in [9.17, 15) is 18.0 Å². The van der Waals surface area contributed by atoms with Crippen LogP contribution in [0.3, 0.4) is 0 Å². The molecule has 2 rings (SSSR count). The summed E-state index contributed by atoms with van der Waals surface area (Å²) in [6, 6.07) is 8.91. The summed E-state index contributed by atoms with van der Waals surface area (Å²) in [5.41, 5.74) is 0.319. The molecule has 0 unspecified atom stereocenters. The molecular weight excluding hydrogens is 347 g/mol. The Morgan fingerprint density at radius 1 is 1.10 bits per heavy atom. The minimum absolute atomic E-state index is 0.207. The first-order chi connectivity index (χ1) is 9.91. The van der Waals surface area contributed by atoms with E-state index in [1.807, 2.05) is 12.1 Å². The van der Waals surface area contributed by atoms with Crippen molar-refractivity contribution in [3.8, 4) is 0 Å². The zero-order valence-corrected chi connectivity index (χ0v) is 12.6. The Kier molecular flexibility index (Phi) is 4.67. The molecule has 0 spiro atoms. The molecule has 0 fully saturated rings. The van der Waals surface area contributed by atoms with Gasteiger partial charge in [0.15, 0.2) is 17.5 Å². The Bertz CT molecular complexity index is 691. The second-order valence-corrected chi connectivity index (χ2v) is 5.33. The predicted molar refractivity (Wildman–Crippen MR) is 76.3 cm³/mol. The van der Waals surface area contributed by atoms with E-state index in [1.165, 1.54) is 11.9 Å². The van der Waals surface area contributed by atoms with Gasteiger partial charge in [0.1, 0.15) is 0 Å². The Morgan fingerprint density at radius 2 is 1.76 bits per heavy atom. The highest BCUT2D eigenvalue weighted by atomic mass is 79.9. The number of halogens is 4. The van der Waals surface area contributed by atoms with Crippen molar-refractivity contribution in [2.24, 2.45) is 0 Å². The molecule has 0 aliphatic carbocycles. The molecule has 0 aliphatic rings. The van der Waals surface area contributed by atoms with Crippen molar-refractivity contribution >= 4 is 21.8 Å². The standard InChI is InChI=1S/C15H11BrF3NO/c1-20(8-9-4-2-3-5-11(9)16)15(21)10-6-7-12(17)14(19)13(10)18/h2-7H,8H2,1H3. The maximum atomic E-state index is 13.6. The van der Waals surface area contributed by atoms with Gasteiger partial charge >= 0.3 is 0 Å². The van der Waals surface area contributed by atoms with E-state index < -0.39 is 28.9 Å². The zero-order valence-electron chi connectivity index (χ0n) is 11.0. The fourth-order valence-corrected chi connectivity index (χ4v) is 2.26. The first-order valence-corrected chi connectivity index (χ1v) is 6.83. The quantitative estimate of drug-likeness (QED) is 0.756. The topological polar surface area (TPSA) is 20.3 Å². The summed E-state index contributed by atoms with van der Waals surface area (Å²) in [4.78, 5) is 13.4. The molecule has 0 aromatic heterocycles. The molecule has 110 valence electrons. The summed E-state index contributed by atoms with van der Waals surface area (Å²) in [5, 5.41) is 0. The molecule has 2 aromatic carbocycles. The monoisotopic (exact) mass is 357 g/mol. The summed E-state index contributed by atoms with van der Waals surface area (Å²) in [5.74, 6) is -5.16. The number of benzene rings is 2. The van der Waals surface area contributed by atoms with E-state index in [-0.39, 0.29) is 6.54 Å². The van der Waals surface area contributed by atoms with E-state index in [0.717, 1.165) is 22.2 Å². The Morgan fingerprint density at radius 3 is 2.43 bits per heavy atom. The molecule has 0 saturated heterocycles. The van der Waals surface area contributed by atoms with Crippen molar-refractivity contribution in [2.45, 2.75) is 6.54 Å². The molecule has 0 heterocycles. The SMILES string of the molecule is CN(Cc1ccccc1Br)C(=O)c1ccc(F)c(F)c1F. The van der Waals surface area contributed by atoms with Gasteiger partial charge in [0, 0.05) is 18.1 Å². The second kappa shape index (κ2) is 6.30. The van der Waals surface area contributed by atoms with E-state index in [0.29, 0.717) is 0 Å². The van der Waals surface area contributed by atoms with Crippen LogP contribution in [0.1, 0.15) is 15.9 Å². The van der Waals surface area contributed by atoms with Gasteiger partial charge in [-0.05, 0) is 23.8 Å². The third-order valence-electron chi connectivity index (χ3n) is 2.98. The molecule has 21 heavy (non-hydrogen) atoms. The van der Waals surface area contributed by atoms with Crippen LogP contribution in [0.15, 0.2) is 40.9 Å². The molecule has 0 radical (unpaired) electrons. The molecule has 0 atom stereocenters. The van der Waals surface area contributed by atoms with Crippen LogP contribution < -0.4 is 0 Å². The van der Waals surface area contributed by atoms with E-state index in [4.69, 9.17) is 0 Å². The third kappa shape index (κ3) is 3.26. The van der Waals surface area contributed by atoms with Gasteiger partial charge in [-0.15, -0.1) is 0 Å². The average molecular weight is 358 g/mol. The normalized spacial score (nSPS) is 10.5. The van der Waals surface area contributed by atoms with Crippen LogP contribution in [-0.4, -0.2) is 17.9 Å². The lowest BCUT2D eigenvalue weighted by Crippen LogP contribution is -2.27. The van der Waals surface area contributed by atoms with Crippen LogP contribution in [0.5, 0.6) is 0 Å². The highest BCUT2D eigenvalue weighted by Crippen LogP contribution is 2.20. The van der Waals surface area contributed by atoms with E-state index in [1.54, 1.807) is 12.1 Å². The molecule has 6 heteroatoms. The van der Waals surface area contributed by atoms with Crippen LogP contribution in [-0.2, 0) is 6.54 Å². The third-order valence-corrected chi connectivity index (χ3v) is 3.75.